The molecule has 0 aromatic heterocycles. The molecule has 0 spiro atoms. The highest BCUT2D eigenvalue weighted by Gasteiger charge is 2.19. The topological polar surface area (TPSA) is 103 Å². The molecule has 0 heterocycles. The number of hydrogen-bond acceptors (Lipinski definition) is 4. The van der Waals surface area contributed by atoms with Gasteiger partial charge in [-0.1, -0.05) is 12.1 Å². The van der Waals surface area contributed by atoms with Gasteiger partial charge in [0.15, 0.2) is 9.84 Å². The third kappa shape index (κ3) is 3.38. The Morgan fingerprint density at radius 2 is 1.86 bits per heavy atom. The summed E-state index contributed by atoms with van der Waals surface area (Å²) in [6.07, 6.45) is 0. The molecule has 110 valence electrons. The Hall–Kier alpha value is -2.41. The third-order valence-electron chi connectivity index (χ3n) is 2.88. The minimum absolute atomic E-state index is 0.0255. The average molecular weight is 308 g/mol. The first kappa shape index (κ1) is 15.0. The second-order valence-electron chi connectivity index (χ2n) is 4.51. The van der Waals surface area contributed by atoms with Gasteiger partial charge in [0.2, 0.25) is 5.91 Å². The molecule has 0 aliphatic rings. The van der Waals surface area contributed by atoms with E-state index in [0.29, 0.717) is 5.56 Å². The highest BCUT2D eigenvalue weighted by atomic mass is 32.2. The number of nitrogens with two attached hydrogens (primary N) is 2. The van der Waals surface area contributed by atoms with Gasteiger partial charge in [-0.15, -0.1) is 0 Å². The Bertz CT molecular complexity index is 804. The molecule has 2 rings (SSSR count). The van der Waals surface area contributed by atoms with E-state index in [1.807, 2.05) is 0 Å². The predicted octanol–water partition coefficient (Wildman–Crippen LogP) is 1.48. The summed E-state index contributed by atoms with van der Waals surface area (Å²) in [5.41, 5.74) is 11.3. The molecule has 0 fully saturated rings. The van der Waals surface area contributed by atoms with Gasteiger partial charge in [0.1, 0.15) is 5.82 Å². The number of anilines is 1. The highest BCUT2D eigenvalue weighted by molar-refractivity contribution is 7.90. The number of primary amides is 1. The Balaban J connectivity index is 2.40. The van der Waals surface area contributed by atoms with Gasteiger partial charge in [-0.3, -0.25) is 4.79 Å². The van der Waals surface area contributed by atoms with Crippen molar-refractivity contribution in [2.24, 2.45) is 5.73 Å². The monoisotopic (exact) mass is 308 g/mol. The van der Waals surface area contributed by atoms with E-state index in [0.717, 1.165) is 12.1 Å². The molecule has 0 aliphatic heterocycles. The Labute approximate surface area is 121 Å². The molecule has 0 saturated heterocycles. The molecular formula is C14H13FN2O3S. The van der Waals surface area contributed by atoms with Gasteiger partial charge in [-0.2, -0.15) is 0 Å². The van der Waals surface area contributed by atoms with Crippen LogP contribution in [0, 0.1) is 5.82 Å². The summed E-state index contributed by atoms with van der Waals surface area (Å²) in [5, 5.41) is 0. The van der Waals surface area contributed by atoms with Crippen LogP contribution in [-0.2, 0) is 15.6 Å². The van der Waals surface area contributed by atoms with E-state index in [9.17, 15) is 17.6 Å². The molecule has 7 heteroatoms. The average Bonchev–Trinajstić information content (AvgIpc) is 2.41. The van der Waals surface area contributed by atoms with Crippen molar-refractivity contribution in [3.05, 3.63) is 59.4 Å². The Morgan fingerprint density at radius 1 is 1.14 bits per heavy atom. The van der Waals surface area contributed by atoms with Crippen LogP contribution in [0.1, 0.15) is 15.9 Å². The van der Waals surface area contributed by atoms with Gasteiger partial charge in [-0.25, -0.2) is 12.8 Å². The van der Waals surface area contributed by atoms with Crippen molar-refractivity contribution in [2.45, 2.75) is 10.6 Å². The number of nitrogen functional groups attached to an aromatic ring is 1. The molecule has 4 N–H and O–H groups in total. The van der Waals surface area contributed by atoms with Crippen molar-refractivity contribution in [1.82, 2.24) is 0 Å². The summed E-state index contributed by atoms with van der Waals surface area (Å²) in [5.74, 6) is -1.74. The molecule has 0 radical (unpaired) electrons. The van der Waals surface area contributed by atoms with Crippen LogP contribution in [0.5, 0.6) is 0 Å². The van der Waals surface area contributed by atoms with Crippen molar-refractivity contribution in [1.29, 1.82) is 0 Å². The standard InChI is InChI=1S/C14H13FN2O3S/c15-11-4-5-12(16)13(7-11)21(19,20)8-9-2-1-3-10(6-9)14(17)18/h1-7H,8,16H2,(H2,17,18). The largest absolute Gasteiger partial charge is 0.398 e. The van der Waals surface area contributed by atoms with Crippen LogP contribution in [0.15, 0.2) is 47.4 Å². The molecule has 0 atom stereocenters. The van der Waals surface area contributed by atoms with Crippen LogP contribution in [0.4, 0.5) is 10.1 Å². The fourth-order valence-electron chi connectivity index (χ4n) is 1.89. The lowest BCUT2D eigenvalue weighted by atomic mass is 10.1. The van der Waals surface area contributed by atoms with Crippen LogP contribution < -0.4 is 11.5 Å². The fraction of sp³-hybridized carbons (Fsp3) is 0.0714. The van der Waals surface area contributed by atoms with Gasteiger partial charge in [-0.05, 0) is 35.9 Å². The van der Waals surface area contributed by atoms with Crippen LogP contribution in [0.3, 0.4) is 0 Å². The normalized spacial score (nSPS) is 11.3. The summed E-state index contributed by atoms with van der Waals surface area (Å²) < 4.78 is 37.8. The Morgan fingerprint density at radius 3 is 2.52 bits per heavy atom. The summed E-state index contributed by atoms with van der Waals surface area (Å²) in [7, 11) is -3.83. The maximum absolute atomic E-state index is 13.2. The first-order chi connectivity index (χ1) is 9.79. The number of benzene rings is 2. The number of carbonyl (C=O) groups is 1. The van der Waals surface area contributed by atoms with Crippen LogP contribution >= 0.6 is 0 Å². The highest BCUT2D eigenvalue weighted by Crippen LogP contribution is 2.23. The minimum Gasteiger partial charge on any atom is -0.398 e. The van der Waals surface area contributed by atoms with Crippen molar-refractivity contribution in [3.8, 4) is 0 Å². The van der Waals surface area contributed by atoms with Gasteiger partial charge in [0, 0.05) is 5.56 Å². The molecule has 5 nitrogen and oxygen atoms in total. The van der Waals surface area contributed by atoms with Crippen LogP contribution in [0.2, 0.25) is 0 Å². The van der Waals surface area contributed by atoms with Crippen LogP contribution in [-0.4, -0.2) is 14.3 Å². The maximum atomic E-state index is 13.2. The Kier molecular flexibility index (Phi) is 3.95. The minimum atomic E-state index is -3.83. The summed E-state index contributed by atoms with van der Waals surface area (Å²) in [6.45, 7) is 0. The third-order valence-corrected chi connectivity index (χ3v) is 4.62. The van der Waals surface area contributed by atoms with E-state index < -0.39 is 27.3 Å². The molecule has 0 aliphatic carbocycles. The molecule has 2 aromatic carbocycles. The van der Waals surface area contributed by atoms with E-state index >= 15 is 0 Å². The van der Waals surface area contributed by atoms with Gasteiger partial charge >= 0.3 is 0 Å². The zero-order valence-electron chi connectivity index (χ0n) is 10.9. The predicted molar refractivity (Wildman–Crippen MR) is 76.7 cm³/mol. The molecule has 21 heavy (non-hydrogen) atoms. The van der Waals surface area contributed by atoms with E-state index in [1.54, 1.807) is 6.07 Å². The molecule has 0 bridgehead atoms. The molecule has 1 amide bonds. The lowest BCUT2D eigenvalue weighted by Gasteiger charge is -2.08. The van der Waals surface area contributed by atoms with E-state index in [4.69, 9.17) is 11.5 Å². The maximum Gasteiger partial charge on any atom is 0.248 e. The smallest absolute Gasteiger partial charge is 0.248 e. The van der Waals surface area contributed by atoms with Crippen molar-refractivity contribution < 1.29 is 17.6 Å². The SMILES string of the molecule is NC(=O)c1cccc(CS(=O)(=O)c2cc(F)ccc2N)c1. The summed E-state index contributed by atoms with van der Waals surface area (Å²) >= 11 is 0. The molecular weight excluding hydrogens is 295 g/mol. The first-order valence-corrected chi connectivity index (χ1v) is 7.61. The van der Waals surface area contributed by atoms with E-state index in [1.165, 1.54) is 24.3 Å². The second kappa shape index (κ2) is 5.53. The van der Waals surface area contributed by atoms with E-state index in [2.05, 4.69) is 0 Å². The van der Waals surface area contributed by atoms with Gasteiger partial charge in [0.25, 0.3) is 0 Å². The summed E-state index contributed by atoms with van der Waals surface area (Å²) in [4.78, 5) is 10.8. The fourth-order valence-corrected chi connectivity index (χ4v) is 3.38. The number of sulfone groups is 1. The number of hydrogen-bond donors (Lipinski definition) is 2. The molecule has 0 saturated carbocycles. The lowest BCUT2D eigenvalue weighted by Crippen LogP contribution is -2.12. The number of amides is 1. The first-order valence-electron chi connectivity index (χ1n) is 5.96. The molecule has 0 unspecified atom stereocenters. The lowest BCUT2D eigenvalue weighted by molar-refractivity contribution is 0.1000. The zero-order chi connectivity index (χ0) is 15.6. The number of carbonyl (C=O) groups excluding carboxylic acids is 1. The van der Waals surface area contributed by atoms with Crippen molar-refractivity contribution >= 4 is 21.4 Å². The number of rotatable bonds is 4. The van der Waals surface area contributed by atoms with Gasteiger partial charge < -0.3 is 11.5 Å². The van der Waals surface area contributed by atoms with Crippen molar-refractivity contribution in [3.63, 3.8) is 0 Å². The second-order valence-corrected chi connectivity index (χ2v) is 6.46. The van der Waals surface area contributed by atoms with Gasteiger partial charge in [0.05, 0.1) is 16.3 Å². The van der Waals surface area contributed by atoms with Crippen LogP contribution in [0.25, 0.3) is 0 Å². The quantitative estimate of drug-likeness (QED) is 0.835. The summed E-state index contributed by atoms with van der Waals surface area (Å²) in [6, 6.07) is 9.09. The zero-order valence-corrected chi connectivity index (χ0v) is 11.7. The molecule has 2 aromatic rings. The van der Waals surface area contributed by atoms with Crippen molar-refractivity contribution in [2.75, 3.05) is 5.73 Å². The van der Waals surface area contributed by atoms with E-state index in [-0.39, 0.29) is 16.1 Å². The number of halogens is 1.